The number of nitrogens with zero attached hydrogens (tertiary/aromatic N) is 2. The number of aliphatic imine (C=N–C) groups is 2. The van der Waals surface area contributed by atoms with E-state index in [4.69, 9.17) is 0 Å². The van der Waals surface area contributed by atoms with Gasteiger partial charge in [-0.25, -0.2) is 0 Å². The molecule has 0 saturated heterocycles. The fraction of sp³-hybridized carbons (Fsp3) is 0.222. The van der Waals surface area contributed by atoms with E-state index >= 15 is 0 Å². The number of Topliss-reactive ketones (excluding diaryl/α,β-unsaturated/α-hetero) is 2. The molecule has 2 N–H and O–H groups in total. The average Bonchev–Trinajstić information content (AvgIpc) is 2.47. The lowest BCUT2D eigenvalue weighted by atomic mass is 10.1. The van der Waals surface area contributed by atoms with Crippen molar-refractivity contribution >= 4 is 35.4 Å². The Kier molecular flexibility index (Phi) is 6.79. The standard InChI is InChI=1S/C18H20N2O4/c1-11(21)15(12(2)22)9-19-17-7-5-6-8-18(17)20-10-16(13(3)23)14(4)24/h5-10,21,23H,1-4H3/b15-11+,16-13+,19-9?,20-10?. The maximum absolute atomic E-state index is 11.4. The number of aliphatic hydroxyl groups excluding tert-OH is 2. The van der Waals surface area contributed by atoms with Gasteiger partial charge >= 0.3 is 0 Å². The molecule has 1 aromatic rings. The van der Waals surface area contributed by atoms with Gasteiger partial charge in [-0.3, -0.25) is 19.6 Å². The zero-order valence-electron chi connectivity index (χ0n) is 14.1. The molecule has 0 aliphatic carbocycles. The number of carbonyl (C=O) groups is 2. The van der Waals surface area contributed by atoms with Crippen LogP contribution in [0.5, 0.6) is 0 Å². The lowest BCUT2D eigenvalue weighted by Crippen LogP contribution is -2.01. The molecule has 6 heteroatoms. The maximum atomic E-state index is 11.4. The van der Waals surface area contributed by atoms with Crippen molar-refractivity contribution in [2.75, 3.05) is 0 Å². The molecule has 0 atom stereocenters. The van der Waals surface area contributed by atoms with Crippen molar-refractivity contribution in [3.8, 4) is 0 Å². The summed E-state index contributed by atoms with van der Waals surface area (Å²) in [5, 5.41) is 19.0. The van der Waals surface area contributed by atoms with Crippen molar-refractivity contribution in [1.82, 2.24) is 0 Å². The van der Waals surface area contributed by atoms with E-state index in [9.17, 15) is 19.8 Å². The van der Waals surface area contributed by atoms with E-state index in [-0.39, 0.29) is 34.2 Å². The summed E-state index contributed by atoms with van der Waals surface area (Å²) in [6, 6.07) is 6.84. The SMILES string of the molecule is CC(=O)/C(C=Nc1ccccc1N=C/C(C(C)=O)=C(/C)O)=C(\C)O. The molecule has 0 heterocycles. The zero-order valence-corrected chi connectivity index (χ0v) is 14.1. The molecule has 0 unspecified atom stereocenters. The Labute approximate surface area is 140 Å². The summed E-state index contributed by atoms with van der Waals surface area (Å²) >= 11 is 0. The molecule has 0 radical (unpaired) electrons. The number of para-hydroxylation sites is 2. The van der Waals surface area contributed by atoms with Crippen LogP contribution in [0.3, 0.4) is 0 Å². The van der Waals surface area contributed by atoms with Crippen LogP contribution in [0.25, 0.3) is 0 Å². The predicted octanol–water partition coefficient (Wildman–Crippen LogP) is 3.93. The summed E-state index contributed by atoms with van der Waals surface area (Å²) in [5.74, 6) is -0.857. The topological polar surface area (TPSA) is 99.3 Å². The van der Waals surface area contributed by atoms with Crippen LogP contribution in [0.15, 0.2) is 56.9 Å². The molecule has 24 heavy (non-hydrogen) atoms. The predicted molar refractivity (Wildman–Crippen MR) is 94.8 cm³/mol. The zero-order chi connectivity index (χ0) is 18.3. The van der Waals surface area contributed by atoms with Gasteiger partial charge in [-0.15, -0.1) is 0 Å². The highest BCUT2D eigenvalue weighted by Crippen LogP contribution is 2.27. The first-order valence-corrected chi connectivity index (χ1v) is 7.22. The van der Waals surface area contributed by atoms with Crippen LogP contribution in [0.2, 0.25) is 0 Å². The highest BCUT2D eigenvalue weighted by molar-refractivity contribution is 6.14. The quantitative estimate of drug-likeness (QED) is 0.469. The number of allylic oxidation sites excluding steroid dienone is 4. The van der Waals surface area contributed by atoms with Crippen molar-refractivity contribution in [1.29, 1.82) is 0 Å². The first-order valence-electron chi connectivity index (χ1n) is 7.22. The van der Waals surface area contributed by atoms with E-state index in [1.165, 1.54) is 40.1 Å². The van der Waals surface area contributed by atoms with Crippen LogP contribution >= 0.6 is 0 Å². The third-order valence-corrected chi connectivity index (χ3v) is 3.09. The molecule has 0 fully saturated rings. The smallest absolute Gasteiger partial charge is 0.164 e. The molecule has 0 saturated carbocycles. The number of ketones is 2. The Hall–Kier alpha value is -3.02. The average molecular weight is 328 g/mol. The molecular weight excluding hydrogens is 308 g/mol. The second-order valence-corrected chi connectivity index (χ2v) is 5.12. The Morgan fingerprint density at radius 2 is 1.12 bits per heavy atom. The molecule has 126 valence electrons. The van der Waals surface area contributed by atoms with Crippen LogP contribution in [0.1, 0.15) is 27.7 Å². The summed E-state index contributed by atoms with van der Waals surface area (Å²) in [4.78, 5) is 31.2. The van der Waals surface area contributed by atoms with Crippen molar-refractivity contribution in [3.05, 3.63) is 46.9 Å². The van der Waals surface area contributed by atoms with E-state index < -0.39 is 0 Å². The van der Waals surface area contributed by atoms with Gasteiger partial charge in [0.15, 0.2) is 11.6 Å². The van der Waals surface area contributed by atoms with Gasteiger partial charge in [-0.05, 0) is 39.8 Å². The van der Waals surface area contributed by atoms with Gasteiger partial charge in [0.1, 0.15) is 11.5 Å². The number of carbonyl (C=O) groups excluding carboxylic acids is 2. The van der Waals surface area contributed by atoms with Gasteiger partial charge in [0, 0.05) is 12.4 Å². The van der Waals surface area contributed by atoms with E-state index in [1.54, 1.807) is 24.3 Å². The van der Waals surface area contributed by atoms with Crippen LogP contribution in [-0.4, -0.2) is 34.2 Å². The van der Waals surface area contributed by atoms with E-state index in [0.717, 1.165) is 0 Å². The molecule has 0 bridgehead atoms. The second kappa shape index (κ2) is 8.57. The van der Waals surface area contributed by atoms with Crippen molar-refractivity contribution in [2.45, 2.75) is 27.7 Å². The van der Waals surface area contributed by atoms with Gasteiger partial charge in [0.05, 0.1) is 22.5 Å². The molecule has 6 nitrogen and oxygen atoms in total. The van der Waals surface area contributed by atoms with Crippen LogP contribution < -0.4 is 0 Å². The number of rotatable bonds is 6. The third-order valence-electron chi connectivity index (χ3n) is 3.09. The van der Waals surface area contributed by atoms with Gasteiger partial charge in [0.2, 0.25) is 0 Å². The summed E-state index contributed by atoms with van der Waals surface area (Å²) in [6.07, 6.45) is 2.54. The molecular formula is C18H20N2O4. The van der Waals surface area contributed by atoms with Gasteiger partial charge in [0.25, 0.3) is 0 Å². The molecule has 0 spiro atoms. The Balaban J connectivity index is 3.23. The summed E-state index contributed by atoms with van der Waals surface area (Å²) in [7, 11) is 0. The Morgan fingerprint density at radius 1 is 0.792 bits per heavy atom. The van der Waals surface area contributed by atoms with E-state index in [0.29, 0.717) is 11.4 Å². The minimum absolute atomic E-state index is 0.101. The van der Waals surface area contributed by atoms with Crippen LogP contribution in [0.4, 0.5) is 11.4 Å². The van der Waals surface area contributed by atoms with Crippen molar-refractivity contribution < 1.29 is 19.8 Å². The highest BCUT2D eigenvalue weighted by atomic mass is 16.3. The normalized spacial score (nSPS) is 13.8. The molecule has 1 rings (SSSR count). The largest absolute Gasteiger partial charge is 0.512 e. The monoisotopic (exact) mass is 328 g/mol. The third kappa shape index (κ3) is 5.31. The van der Waals surface area contributed by atoms with Gasteiger partial charge < -0.3 is 10.2 Å². The fourth-order valence-electron chi connectivity index (χ4n) is 1.83. The first-order chi connectivity index (χ1) is 11.2. The van der Waals surface area contributed by atoms with E-state index in [2.05, 4.69) is 9.98 Å². The van der Waals surface area contributed by atoms with Crippen molar-refractivity contribution in [2.24, 2.45) is 9.98 Å². The molecule has 1 aromatic carbocycles. The molecule has 0 aromatic heterocycles. The maximum Gasteiger partial charge on any atom is 0.164 e. The van der Waals surface area contributed by atoms with Crippen LogP contribution in [0, 0.1) is 0 Å². The van der Waals surface area contributed by atoms with Gasteiger partial charge in [-0.2, -0.15) is 0 Å². The van der Waals surface area contributed by atoms with Crippen molar-refractivity contribution in [3.63, 3.8) is 0 Å². The first kappa shape index (κ1) is 19.0. The molecule has 0 aliphatic heterocycles. The number of hydrogen-bond acceptors (Lipinski definition) is 6. The number of benzene rings is 1. The lowest BCUT2D eigenvalue weighted by molar-refractivity contribution is -0.114. The minimum Gasteiger partial charge on any atom is -0.512 e. The van der Waals surface area contributed by atoms with Crippen LogP contribution in [-0.2, 0) is 9.59 Å². The summed E-state index contributed by atoms with van der Waals surface area (Å²) in [6.45, 7) is 5.47. The summed E-state index contributed by atoms with van der Waals surface area (Å²) in [5.41, 5.74) is 1.10. The molecule has 0 aliphatic rings. The lowest BCUT2D eigenvalue weighted by Gasteiger charge is -2.02. The van der Waals surface area contributed by atoms with Gasteiger partial charge in [-0.1, -0.05) is 12.1 Å². The Morgan fingerprint density at radius 3 is 1.38 bits per heavy atom. The minimum atomic E-state index is -0.308. The number of hydrogen-bond donors (Lipinski definition) is 2. The second-order valence-electron chi connectivity index (χ2n) is 5.12. The summed E-state index contributed by atoms with van der Waals surface area (Å²) < 4.78 is 0. The number of aliphatic hydroxyl groups is 2. The fourth-order valence-corrected chi connectivity index (χ4v) is 1.83. The van der Waals surface area contributed by atoms with E-state index in [1.807, 2.05) is 0 Å². The molecule has 0 amide bonds. The Bertz CT molecular complexity index is 698. The highest BCUT2D eigenvalue weighted by Gasteiger charge is 2.07.